The molecule has 0 radical (unpaired) electrons. The van der Waals surface area contributed by atoms with Gasteiger partial charge in [0.25, 0.3) is 0 Å². The molecule has 20 heavy (non-hydrogen) atoms. The molecular weight excluding hydrogens is 270 g/mol. The molecule has 0 aliphatic heterocycles. The van der Waals surface area contributed by atoms with Crippen LogP contribution < -0.4 is 0 Å². The summed E-state index contributed by atoms with van der Waals surface area (Å²) in [5.41, 5.74) is 0.0645. The molecule has 0 amide bonds. The molecule has 1 aromatic carbocycles. The predicted molar refractivity (Wildman–Crippen MR) is 81.1 cm³/mol. The van der Waals surface area contributed by atoms with Gasteiger partial charge in [-0.25, -0.2) is 4.98 Å². The maximum atomic E-state index is 11.7. The molecule has 106 valence electrons. The first-order valence-electron chi connectivity index (χ1n) is 6.95. The highest BCUT2D eigenvalue weighted by molar-refractivity contribution is 7.18. The monoisotopic (exact) mass is 289 g/mol. The van der Waals surface area contributed by atoms with Gasteiger partial charge < -0.3 is 5.11 Å². The molecular formula is C16H19NO2S. The number of fused-ring (bicyclic) bond motifs is 1. The van der Waals surface area contributed by atoms with Crippen molar-refractivity contribution in [2.45, 2.75) is 39.5 Å². The molecule has 1 fully saturated rings. The summed E-state index contributed by atoms with van der Waals surface area (Å²) in [6, 6.07) is 8.11. The number of hydrogen-bond acceptors (Lipinski definition) is 3. The number of aliphatic carboxylic acids is 1. The van der Waals surface area contributed by atoms with Crippen LogP contribution in [0.1, 0.15) is 44.5 Å². The Labute approximate surface area is 122 Å². The van der Waals surface area contributed by atoms with E-state index in [1.807, 2.05) is 25.1 Å². The standard InChI is InChI=1S/C16H19NO2S/c1-15(2)10(8-9-16(15,3)14(18)19)13-17-11-6-4-5-7-12(11)20-13/h4-7,10H,8-9H2,1-3H3,(H,18,19). The zero-order valence-electron chi connectivity index (χ0n) is 12.0. The fourth-order valence-corrected chi connectivity index (χ4v) is 4.64. The number of hydrogen-bond donors (Lipinski definition) is 1. The number of aromatic nitrogens is 1. The fourth-order valence-electron chi connectivity index (χ4n) is 3.35. The number of para-hydroxylation sites is 1. The number of rotatable bonds is 2. The highest BCUT2D eigenvalue weighted by atomic mass is 32.1. The number of carbonyl (C=O) groups is 1. The van der Waals surface area contributed by atoms with Gasteiger partial charge >= 0.3 is 5.97 Å². The molecule has 2 unspecified atom stereocenters. The maximum absolute atomic E-state index is 11.7. The number of nitrogens with zero attached hydrogens (tertiary/aromatic N) is 1. The minimum atomic E-state index is -0.689. The molecule has 0 spiro atoms. The third-order valence-corrected chi connectivity index (χ3v) is 6.46. The van der Waals surface area contributed by atoms with Gasteiger partial charge in [0.15, 0.2) is 0 Å². The summed E-state index contributed by atoms with van der Waals surface area (Å²) in [5.74, 6) is -0.466. The Hall–Kier alpha value is -1.42. The van der Waals surface area contributed by atoms with Crippen molar-refractivity contribution < 1.29 is 9.90 Å². The van der Waals surface area contributed by atoms with Crippen molar-refractivity contribution in [3.05, 3.63) is 29.3 Å². The lowest BCUT2D eigenvalue weighted by Gasteiger charge is -2.37. The molecule has 1 aliphatic carbocycles. The molecule has 1 aliphatic rings. The summed E-state index contributed by atoms with van der Waals surface area (Å²) in [6.45, 7) is 6.03. The minimum absolute atomic E-state index is 0.223. The largest absolute Gasteiger partial charge is 0.481 e. The zero-order valence-corrected chi connectivity index (χ0v) is 12.8. The molecule has 4 heteroatoms. The van der Waals surface area contributed by atoms with Crippen molar-refractivity contribution >= 4 is 27.5 Å². The van der Waals surface area contributed by atoms with E-state index in [9.17, 15) is 9.90 Å². The van der Waals surface area contributed by atoms with Crippen LogP contribution in [0.15, 0.2) is 24.3 Å². The van der Waals surface area contributed by atoms with E-state index in [2.05, 4.69) is 19.9 Å². The Kier molecular flexibility index (Phi) is 2.91. The van der Waals surface area contributed by atoms with E-state index in [4.69, 9.17) is 4.98 Å². The predicted octanol–water partition coefficient (Wildman–Crippen LogP) is 4.29. The Morgan fingerprint density at radius 3 is 2.65 bits per heavy atom. The smallest absolute Gasteiger partial charge is 0.309 e. The van der Waals surface area contributed by atoms with Gasteiger partial charge in [-0.2, -0.15) is 0 Å². The maximum Gasteiger partial charge on any atom is 0.309 e. The fraction of sp³-hybridized carbons (Fsp3) is 0.500. The van der Waals surface area contributed by atoms with E-state index < -0.39 is 11.4 Å². The normalized spacial score (nSPS) is 28.9. The zero-order chi connectivity index (χ0) is 14.5. The van der Waals surface area contributed by atoms with E-state index in [0.29, 0.717) is 0 Å². The summed E-state index contributed by atoms with van der Waals surface area (Å²) in [6.07, 6.45) is 1.62. The third kappa shape index (κ3) is 1.71. The van der Waals surface area contributed by atoms with Crippen LogP contribution in [0.4, 0.5) is 0 Å². The first kappa shape index (κ1) is 13.6. The summed E-state index contributed by atoms with van der Waals surface area (Å²) >= 11 is 1.71. The quantitative estimate of drug-likeness (QED) is 0.897. The molecule has 1 saturated carbocycles. The number of benzene rings is 1. The van der Waals surface area contributed by atoms with E-state index in [1.54, 1.807) is 11.3 Å². The molecule has 2 aromatic rings. The highest BCUT2D eigenvalue weighted by Gasteiger charge is 2.57. The van der Waals surface area contributed by atoms with E-state index in [0.717, 1.165) is 23.4 Å². The van der Waals surface area contributed by atoms with Crippen LogP contribution in [0, 0.1) is 10.8 Å². The summed E-state index contributed by atoms with van der Waals surface area (Å²) in [4.78, 5) is 16.4. The van der Waals surface area contributed by atoms with Gasteiger partial charge in [-0.15, -0.1) is 11.3 Å². The molecule has 0 saturated heterocycles. The highest BCUT2D eigenvalue weighted by Crippen LogP contribution is 2.60. The number of thiazole rings is 1. The van der Waals surface area contributed by atoms with Crippen LogP contribution in [0.2, 0.25) is 0 Å². The molecule has 3 rings (SSSR count). The van der Waals surface area contributed by atoms with Gasteiger partial charge in [-0.05, 0) is 37.3 Å². The second kappa shape index (κ2) is 4.29. The Morgan fingerprint density at radius 1 is 1.35 bits per heavy atom. The van der Waals surface area contributed by atoms with E-state index in [1.165, 1.54) is 4.70 Å². The summed E-state index contributed by atoms with van der Waals surface area (Å²) < 4.78 is 1.18. The van der Waals surface area contributed by atoms with Crippen LogP contribution in [-0.4, -0.2) is 16.1 Å². The Morgan fingerprint density at radius 2 is 2.05 bits per heavy atom. The Bertz CT molecular complexity index is 643. The van der Waals surface area contributed by atoms with Crippen LogP contribution in [0.25, 0.3) is 10.2 Å². The van der Waals surface area contributed by atoms with Crippen LogP contribution in [0.5, 0.6) is 0 Å². The van der Waals surface area contributed by atoms with Gasteiger partial charge in [-0.1, -0.05) is 26.0 Å². The molecule has 0 bridgehead atoms. The Balaban J connectivity index is 2.05. The number of carboxylic acids is 1. The first-order valence-corrected chi connectivity index (χ1v) is 7.77. The van der Waals surface area contributed by atoms with Crippen molar-refractivity contribution in [3.63, 3.8) is 0 Å². The second-order valence-electron chi connectivity index (χ2n) is 6.47. The molecule has 3 nitrogen and oxygen atoms in total. The van der Waals surface area contributed by atoms with Crippen LogP contribution in [0.3, 0.4) is 0 Å². The van der Waals surface area contributed by atoms with Crippen LogP contribution >= 0.6 is 11.3 Å². The van der Waals surface area contributed by atoms with Crippen molar-refractivity contribution in [1.29, 1.82) is 0 Å². The van der Waals surface area contributed by atoms with Gasteiger partial charge in [0.1, 0.15) is 0 Å². The first-order chi connectivity index (χ1) is 9.36. The lowest BCUT2D eigenvalue weighted by atomic mass is 9.66. The summed E-state index contributed by atoms with van der Waals surface area (Å²) in [7, 11) is 0. The number of carboxylic acid groups (broad SMARTS) is 1. The second-order valence-corrected chi connectivity index (χ2v) is 7.53. The molecule has 2 atom stereocenters. The van der Waals surface area contributed by atoms with Crippen molar-refractivity contribution in [3.8, 4) is 0 Å². The lowest BCUT2D eigenvalue weighted by molar-refractivity contribution is -0.153. The van der Waals surface area contributed by atoms with Crippen molar-refractivity contribution in [2.75, 3.05) is 0 Å². The van der Waals surface area contributed by atoms with E-state index >= 15 is 0 Å². The average molecular weight is 289 g/mol. The van der Waals surface area contributed by atoms with Crippen molar-refractivity contribution in [1.82, 2.24) is 4.98 Å². The summed E-state index contributed by atoms with van der Waals surface area (Å²) in [5, 5.41) is 10.7. The topological polar surface area (TPSA) is 50.2 Å². The molecule has 1 heterocycles. The molecule has 1 N–H and O–H groups in total. The van der Waals surface area contributed by atoms with E-state index in [-0.39, 0.29) is 11.3 Å². The minimum Gasteiger partial charge on any atom is -0.481 e. The van der Waals surface area contributed by atoms with Gasteiger partial charge in [0.05, 0.1) is 20.6 Å². The molecule has 1 aromatic heterocycles. The van der Waals surface area contributed by atoms with Crippen molar-refractivity contribution in [2.24, 2.45) is 10.8 Å². The van der Waals surface area contributed by atoms with Gasteiger partial charge in [-0.3, -0.25) is 4.79 Å². The SMILES string of the molecule is CC1(C(=O)O)CCC(c2nc3ccccc3s2)C1(C)C. The average Bonchev–Trinajstić information content (AvgIpc) is 2.90. The van der Waals surface area contributed by atoms with Gasteiger partial charge in [0, 0.05) is 5.92 Å². The van der Waals surface area contributed by atoms with Gasteiger partial charge in [0.2, 0.25) is 0 Å². The third-order valence-electron chi connectivity index (χ3n) is 5.31. The van der Waals surface area contributed by atoms with Crippen LogP contribution in [-0.2, 0) is 4.79 Å². The lowest BCUT2D eigenvalue weighted by Crippen LogP contribution is -2.39.